The molecular weight excluding hydrogens is 744 g/mol. The molecule has 0 aromatic heterocycles. The third kappa shape index (κ3) is 9.28. The predicted octanol–water partition coefficient (Wildman–Crippen LogP) is -0.193. The van der Waals surface area contributed by atoms with E-state index < -0.39 is 92.3 Å². The van der Waals surface area contributed by atoms with Crippen LogP contribution in [0.1, 0.15) is 12.5 Å². The van der Waals surface area contributed by atoms with Gasteiger partial charge in [-0.1, -0.05) is 18.2 Å². The molecule has 0 radical (unpaired) electrons. The lowest BCUT2D eigenvalue weighted by Gasteiger charge is -2.40. The van der Waals surface area contributed by atoms with Crippen LogP contribution in [-0.4, -0.2) is 133 Å². The summed E-state index contributed by atoms with van der Waals surface area (Å²) in [6, 6.07) is 15.1. The van der Waals surface area contributed by atoms with Crippen molar-refractivity contribution in [2.24, 2.45) is 0 Å². The Morgan fingerprint density at radius 2 is 1.29 bits per heavy atom. The molecule has 11 unspecified atom stereocenters. The Morgan fingerprint density at radius 3 is 1.88 bits per heavy atom. The standard InChI is InChI=1S/C38H40O18/c1-17(39)50-15-27-30(44)32(46)34(48)37(55-27)53-25-13-22(42)12-24-23(25)14-26(36(52-24)19-5-9-21(41)10-6-19)54-38-35(49)33(47)31(45)28(56-38)16-51-29(43)11-4-18-2-7-20(40)8-3-18/h2-14,27-35,37-38,40-41,43-49H,15-16H2,1H3. The maximum Gasteiger partial charge on any atom is 0.302 e. The maximum absolute atomic E-state index is 12.9. The Kier molecular flexibility index (Phi) is 12.6. The summed E-state index contributed by atoms with van der Waals surface area (Å²) < 4.78 is 39.8. The van der Waals surface area contributed by atoms with Crippen LogP contribution in [-0.2, 0) is 23.7 Å². The molecule has 300 valence electrons. The van der Waals surface area contributed by atoms with Crippen LogP contribution >= 0.6 is 0 Å². The molecule has 2 aromatic rings. The third-order valence-corrected chi connectivity index (χ3v) is 8.97. The molecule has 3 aliphatic heterocycles. The Hall–Kier alpha value is -5.12. The monoisotopic (exact) mass is 784 g/mol. The number of esters is 1. The summed E-state index contributed by atoms with van der Waals surface area (Å²) in [6.07, 6.45) is -15.6. The molecule has 18 nitrogen and oxygen atoms in total. The van der Waals surface area contributed by atoms with E-state index in [1.165, 1.54) is 54.6 Å². The van der Waals surface area contributed by atoms with Crippen molar-refractivity contribution in [2.75, 3.05) is 13.2 Å². The molecule has 0 saturated carbocycles. The highest BCUT2D eigenvalue weighted by Gasteiger charge is 2.47. The van der Waals surface area contributed by atoms with Crippen LogP contribution in [0.2, 0.25) is 0 Å². The van der Waals surface area contributed by atoms with Crippen molar-refractivity contribution in [3.8, 4) is 45.6 Å². The first kappa shape index (κ1) is 40.5. The fourth-order valence-corrected chi connectivity index (χ4v) is 5.94. The zero-order valence-electron chi connectivity index (χ0n) is 29.5. The van der Waals surface area contributed by atoms with E-state index in [9.17, 15) is 55.5 Å². The molecule has 0 amide bonds. The van der Waals surface area contributed by atoms with Gasteiger partial charge in [0.05, 0.1) is 12.2 Å². The van der Waals surface area contributed by atoms with E-state index >= 15 is 0 Å². The van der Waals surface area contributed by atoms with Gasteiger partial charge in [0, 0.05) is 24.6 Å². The highest BCUT2D eigenvalue weighted by Crippen LogP contribution is 2.43. The van der Waals surface area contributed by atoms with E-state index in [2.05, 4.69) is 0 Å². The van der Waals surface area contributed by atoms with Crippen molar-refractivity contribution in [3.63, 3.8) is 0 Å². The van der Waals surface area contributed by atoms with Gasteiger partial charge in [-0.15, -0.1) is 0 Å². The molecule has 1 aliphatic carbocycles. The summed E-state index contributed by atoms with van der Waals surface area (Å²) >= 11 is 0. The predicted molar refractivity (Wildman–Crippen MR) is 189 cm³/mol. The Morgan fingerprint density at radius 1 is 0.732 bits per heavy atom. The zero-order valence-corrected chi connectivity index (χ0v) is 29.5. The zero-order chi connectivity index (χ0) is 40.3. The summed E-state index contributed by atoms with van der Waals surface area (Å²) in [4.78, 5) is 24.2. The van der Waals surface area contributed by atoms with E-state index in [0.29, 0.717) is 11.1 Å². The number of benzene rings is 3. The largest absolute Gasteiger partial charge is 0.508 e. The average molecular weight is 785 g/mol. The molecule has 9 N–H and O–H groups in total. The van der Waals surface area contributed by atoms with Gasteiger partial charge in [-0.3, -0.25) is 9.59 Å². The van der Waals surface area contributed by atoms with E-state index in [4.69, 9.17) is 32.8 Å². The molecule has 6 rings (SSSR count). The summed E-state index contributed by atoms with van der Waals surface area (Å²) in [7, 11) is 0. The first-order chi connectivity index (χ1) is 26.7. The molecule has 0 spiro atoms. The van der Waals surface area contributed by atoms with Crippen LogP contribution in [0.4, 0.5) is 0 Å². The molecular formula is C38H40O18. The molecule has 11 atom stereocenters. The second kappa shape index (κ2) is 17.3. The topological polar surface area (TPSA) is 285 Å². The van der Waals surface area contributed by atoms with E-state index in [0.717, 1.165) is 19.1 Å². The lowest BCUT2D eigenvalue weighted by molar-refractivity contribution is -0.284. The number of aromatic hydroxyl groups is 2. The van der Waals surface area contributed by atoms with E-state index in [-0.39, 0.29) is 40.1 Å². The van der Waals surface area contributed by atoms with E-state index in [1.807, 2.05) is 0 Å². The summed E-state index contributed by atoms with van der Waals surface area (Å²) in [5, 5.41) is 93.9. The first-order valence-electron chi connectivity index (χ1n) is 17.2. The molecule has 18 heteroatoms. The molecule has 2 aromatic carbocycles. The number of phenols is 2. The van der Waals surface area contributed by atoms with Crippen LogP contribution in [0, 0.1) is 0 Å². The highest BCUT2D eigenvalue weighted by molar-refractivity contribution is 5.75. The van der Waals surface area contributed by atoms with Gasteiger partial charge in [0.25, 0.3) is 0 Å². The van der Waals surface area contributed by atoms with Gasteiger partial charge in [-0.2, -0.15) is 0 Å². The third-order valence-electron chi connectivity index (χ3n) is 8.97. The number of aliphatic hydroxyl groups is 7. The minimum absolute atomic E-state index is 0.0179. The number of fused-ring (bicyclic) bond motifs is 1. The normalized spacial score (nSPS) is 28.6. The number of rotatable bonds is 12. The highest BCUT2D eigenvalue weighted by atomic mass is 16.7. The quantitative estimate of drug-likeness (QED) is 0.0665. The number of aliphatic hydroxyl groups excluding tert-OH is 7. The van der Waals surface area contributed by atoms with Crippen molar-refractivity contribution < 1.29 is 83.6 Å². The van der Waals surface area contributed by atoms with Gasteiger partial charge in [-0.25, -0.2) is 0 Å². The lowest BCUT2D eigenvalue weighted by atomic mass is 9.99. The number of hydrogen-bond acceptors (Lipinski definition) is 18. The molecule has 0 bridgehead atoms. The Bertz CT molecular complexity index is 2000. The van der Waals surface area contributed by atoms with E-state index in [1.54, 1.807) is 12.1 Å². The second-order valence-corrected chi connectivity index (χ2v) is 13.1. The number of hydrogen-bond donors (Lipinski definition) is 9. The van der Waals surface area contributed by atoms with Crippen molar-refractivity contribution in [3.05, 3.63) is 88.6 Å². The van der Waals surface area contributed by atoms with Crippen molar-refractivity contribution in [2.45, 2.75) is 74.6 Å². The number of carbonyl (C=O) groups excluding carboxylic acids is 1. The molecule has 2 fully saturated rings. The Labute approximate surface area is 317 Å². The Balaban J connectivity index is 1.29. The summed E-state index contributed by atoms with van der Waals surface area (Å²) in [5.74, 6) is -1.35. The second-order valence-electron chi connectivity index (χ2n) is 13.1. The SMILES string of the molecule is CC(=O)OCC1OC(Oc2cc(=O)cc3oc(-c4ccc(O)cc4)c(OC4OC(COC(O)C=Cc5ccc(O)cc5)C(O)C(O)C4O)cc2-3)C(O)C(O)C1O. The van der Waals surface area contributed by atoms with Gasteiger partial charge < -0.3 is 78.8 Å². The first-order valence-corrected chi connectivity index (χ1v) is 17.2. The van der Waals surface area contributed by atoms with Crippen LogP contribution in [0.15, 0.2) is 82.0 Å². The van der Waals surface area contributed by atoms with Crippen LogP contribution in [0.5, 0.6) is 23.0 Å². The number of carbonyl (C=O) groups is 1. The van der Waals surface area contributed by atoms with Gasteiger partial charge >= 0.3 is 5.97 Å². The van der Waals surface area contributed by atoms with Crippen LogP contribution < -0.4 is 14.9 Å². The minimum atomic E-state index is -1.86. The summed E-state index contributed by atoms with van der Waals surface area (Å²) in [5.41, 5.74) is 0.322. The maximum atomic E-state index is 12.9. The number of ether oxygens (including phenoxy) is 6. The lowest BCUT2D eigenvalue weighted by Crippen LogP contribution is -2.60. The van der Waals surface area contributed by atoms with Gasteiger partial charge in [-0.05, 0) is 54.1 Å². The minimum Gasteiger partial charge on any atom is -0.508 e. The van der Waals surface area contributed by atoms with Crippen LogP contribution in [0.3, 0.4) is 0 Å². The smallest absolute Gasteiger partial charge is 0.302 e. The number of phenolic OH excluding ortho intramolecular Hbond substituents is 2. The summed E-state index contributed by atoms with van der Waals surface area (Å²) in [6.45, 7) is 0.123. The van der Waals surface area contributed by atoms with Crippen LogP contribution in [0.25, 0.3) is 28.7 Å². The molecule has 2 saturated heterocycles. The van der Waals surface area contributed by atoms with Crippen molar-refractivity contribution in [1.29, 1.82) is 0 Å². The fraction of sp³-hybridized carbons (Fsp3) is 0.368. The molecule has 3 heterocycles. The van der Waals surface area contributed by atoms with Crippen molar-refractivity contribution in [1.82, 2.24) is 0 Å². The van der Waals surface area contributed by atoms with Crippen molar-refractivity contribution >= 4 is 12.0 Å². The fourth-order valence-electron chi connectivity index (χ4n) is 5.94. The van der Waals surface area contributed by atoms with Gasteiger partial charge in [0.1, 0.15) is 78.4 Å². The van der Waals surface area contributed by atoms with Gasteiger partial charge in [0.15, 0.2) is 23.2 Å². The molecule has 56 heavy (non-hydrogen) atoms. The van der Waals surface area contributed by atoms with Gasteiger partial charge in [0.2, 0.25) is 12.6 Å². The average Bonchev–Trinajstić information content (AvgIpc) is 3.17. The molecule has 4 aliphatic rings.